The molecule has 0 atom stereocenters. The minimum atomic E-state index is -0.327. The molecular formula is C11H12BrNO2. The van der Waals surface area contributed by atoms with Crippen LogP contribution in [-0.4, -0.2) is 4.92 Å². The average molecular weight is 270 g/mol. The van der Waals surface area contributed by atoms with Gasteiger partial charge in [-0.05, 0) is 17.7 Å². The van der Waals surface area contributed by atoms with Crippen LogP contribution in [0.3, 0.4) is 0 Å². The van der Waals surface area contributed by atoms with Crippen LogP contribution in [0.5, 0.6) is 0 Å². The van der Waals surface area contributed by atoms with Crippen LogP contribution in [0.4, 0.5) is 0 Å². The second-order valence-corrected chi connectivity index (χ2v) is 4.45. The van der Waals surface area contributed by atoms with E-state index in [1.165, 1.54) is 0 Å². The molecule has 0 amide bonds. The molecule has 0 fully saturated rings. The van der Waals surface area contributed by atoms with Crippen LogP contribution < -0.4 is 0 Å². The summed E-state index contributed by atoms with van der Waals surface area (Å²) in [6.07, 6.45) is 1.61. The molecule has 0 heterocycles. The minimum Gasteiger partial charge on any atom is -0.259 e. The zero-order valence-corrected chi connectivity index (χ0v) is 10.2. The first-order chi connectivity index (χ1) is 7.00. The lowest BCUT2D eigenvalue weighted by Gasteiger charge is -2.01. The van der Waals surface area contributed by atoms with Crippen LogP contribution in [0.2, 0.25) is 0 Å². The Morgan fingerprint density at radius 1 is 1.40 bits per heavy atom. The fourth-order valence-electron chi connectivity index (χ4n) is 1.16. The SMILES string of the molecule is CC(C)/C(=C/c1ccc(Br)cc1)[N+](=O)[O-]. The van der Waals surface area contributed by atoms with Crippen LogP contribution in [-0.2, 0) is 0 Å². The summed E-state index contributed by atoms with van der Waals surface area (Å²) in [5.41, 5.74) is 1.08. The van der Waals surface area contributed by atoms with E-state index in [0.29, 0.717) is 0 Å². The van der Waals surface area contributed by atoms with Gasteiger partial charge in [0.15, 0.2) is 0 Å². The molecule has 0 saturated carbocycles. The predicted octanol–water partition coefficient (Wildman–Crippen LogP) is 3.72. The number of nitro groups is 1. The second kappa shape index (κ2) is 5.07. The Kier molecular flexibility index (Phi) is 4.03. The summed E-state index contributed by atoms with van der Waals surface area (Å²) in [6, 6.07) is 7.42. The van der Waals surface area contributed by atoms with Gasteiger partial charge in [-0.2, -0.15) is 0 Å². The Bertz CT molecular complexity index is 382. The molecule has 0 spiro atoms. The van der Waals surface area contributed by atoms with Crippen molar-refractivity contribution in [3.8, 4) is 0 Å². The van der Waals surface area contributed by atoms with E-state index in [-0.39, 0.29) is 16.5 Å². The van der Waals surface area contributed by atoms with Crippen LogP contribution in [0.1, 0.15) is 19.4 Å². The summed E-state index contributed by atoms with van der Waals surface area (Å²) in [5, 5.41) is 10.7. The Labute approximate surface area is 97.1 Å². The fourth-order valence-corrected chi connectivity index (χ4v) is 1.42. The summed E-state index contributed by atoms with van der Waals surface area (Å²) in [4.78, 5) is 10.4. The summed E-state index contributed by atoms with van der Waals surface area (Å²) in [5.74, 6) is -0.0800. The van der Waals surface area contributed by atoms with Gasteiger partial charge in [-0.15, -0.1) is 0 Å². The molecule has 1 aromatic rings. The molecule has 15 heavy (non-hydrogen) atoms. The van der Waals surface area contributed by atoms with E-state index < -0.39 is 0 Å². The van der Waals surface area contributed by atoms with Gasteiger partial charge in [0.1, 0.15) is 0 Å². The van der Waals surface area contributed by atoms with Crippen molar-refractivity contribution in [2.24, 2.45) is 5.92 Å². The molecule has 0 N–H and O–H groups in total. The maximum Gasteiger partial charge on any atom is 0.249 e. The van der Waals surface area contributed by atoms with E-state index in [1.807, 2.05) is 38.1 Å². The van der Waals surface area contributed by atoms with E-state index in [0.717, 1.165) is 10.0 Å². The lowest BCUT2D eigenvalue weighted by Crippen LogP contribution is -2.05. The van der Waals surface area contributed by atoms with Crippen molar-refractivity contribution in [2.45, 2.75) is 13.8 Å². The third-order valence-electron chi connectivity index (χ3n) is 1.99. The van der Waals surface area contributed by atoms with E-state index in [9.17, 15) is 10.1 Å². The highest BCUT2D eigenvalue weighted by atomic mass is 79.9. The van der Waals surface area contributed by atoms with Gasteiger partial charge in [0, 0.05) is 16.5 Å². The van der Waals surface area contributed by atoms with Gasteiger partial charge in [-0.3, -0.25) is 10.1 Å². The number of hydrogen-bond donors (Lipinski definition) is 0. The molecule has 3 nitrogen and oxygen atoms in total. The van der Waals surface area contributed by atoms with Gasteiger partial charge in [-0.1, -0.05) is 41.9 Å². The Hall–Kier alpha value is -1.16. The van der Waals surface area contributed by atoms with E-state index >= 15 is 0 Å². The van der Waals surface area contributed by atoms with Crippen molar-refractivity contribution in [3.63, 3.8) is 0 Å². The normalized spacial score (nSPS) is 11.9. The quantitative estimate of drug-likeness (QED) is 0.620. The highest BCUT2D eigenvalue weighted by Crippen LogP contribution is 2.17. The lowest BCUT2D eigenvalue weighted by atomic mass is 10.1. The molecule has 0 aliphatic rings. The van der Waals surface area contributed by atoms with Gasteiger partial charge in [0.25, 0.3) is 0 Å². The Morgan fingerprint density at radius 3 is 2.33 bits per heavy atom. The predicted molar refractivity (Wildman–Crippen MR) is 64.0 cm³/mol. The van der Waals surface area contributed by atoms with Gasteiger partial charge < -0.3 is 0 Å². The first kappa shape index (κ1) is 11.9. The molecule has 0 bridgehead atoms. The number of allylic oxidation sites excluding steroid dienone is 1. The Balaban J connectivity index is 3.02. The van der Waals surface area contributed by atoms with Gasteiger partial charge in [0.05, 0.1) is 4.92 Å². The summed E-state index contributed by atoms with van der Waals surface area (Å²) < 4.78 is 0.965. The third kappa shape index (κ3) is 3.47. The van der Waals surface area contributed by atoms with Crippen molar-refractivity contribution in [1.29, 1.82) is 0 Å². The van der Waals surface area contributed by atoms with Crippen molar-refractivity contribution in [2.75, 3.05) is 0 Å². The van der Waals surface area contributed by atoms with E-state index in [2.05, 4.69) is 15.9 Å². The average Bonchev–Trinajstić information content (AvgIpc) is 2.15. The zero-order chi connectivity index (χ0) is 11.4. The van der Waals surface area contributed by atoms with Crippen molar-refractivity contribution >= 4 is 22.0 Å². The number of hydrogen-bond acceptors (Lipinski definition) is 2. The highest BCUT2D eigenvalue weighted by Gasteiger charge is 2.15. The zero-order valence-electron chi connectivity index (χ0n) is 8.61. The minimum absolute atomic E-state index is 0.0800. The number of halogens is 1. The fraction of sp³-hybridized carbons (Fsp3) is 0.273. The summed E-state index contributed by atoms with van der Waals surface area (Å²) in [7, 11) is 0. The molecule has 0 aromatic heterocycles. The largest absolute Gasteiger partial charge is 0.259 e. The van der Waals surface area contributed by atoms with Gasteiger partial charge in [-0.25, -0.2) is 0 Å². The lowest BCUT2D eigenvalue weighted by molar-refractivity contribution is -0.431. The summed E-state index contributed by atoms with van der Waals surface area (Å²) >= 11 is 3.31. The smallest absolute Gasteiger partial charge is 0.249 e. The molecule has 0 saturated heterocycles. The number of rotatable bonds is 3. The maximum atomic E-state index is 10.7. The molecule has 0 aliphatic carbocycles. The van der Waals surface area contributed by atoms with Crippen LogP contribution >= 0.6 is 15.9 Å². The Morgan fingerprint density at radius 2 is 1.93 bits per heavy atom. The van der Waals surface area contributed by atoms with Crippen LogP contribution in [0.25, 0.3) is 6.08 Å². The standard InChI is InChI=1S/C11H12BrNO2/c1-8(2)11(13(14)15)7-9-3-5-10(12)6-4-9/h3-8H,1-2H3/b11-7-. The van der Waals surface area contributed by atoms with Gasteiger partial charge in [0.2, 0.25) is 5.70 Å². The van der Waals surface area contributed by atoms with Crippen molar-refractivity contribution < 1.29 is 4.92 Å². The van der Waals surface area contributed by atoms with Crippen LogP contribution in [0, 0.1) is 16.0 Å². The topological polar surface area (TPSA) is 43.1 Å². The monoisotopic (exact) mass is 269 g/mol. The highest BCUT2D eigenvalue weighted by molar-refractivity contribution is 9.10. The molecular weight excluding hydrogens is 258 g/mol. The molecule has 80 valence electrons. The number of benzene rings is 1. The molecule has 1 rings (SSSR count). The van der Waals surface area contributed by atoms with Gasteiger partial charge >= 0.3 is 0 Å². The first-order valence-electron chi connectivity index (χ1n) is 4.62. The molecule has 1 aromatic carbocycles. The molecule has 0 aliphatic heterocycles. The number of nitrogens with zero attached hydrogens (tertiary/aromatic N) is 1. The molecule has 4 heteroatoms. The first-order valence-corrected chi connectivity index (χ1v) is 5.41. The molecule has 0 radical (unpaired) electrons. The van der Waals surface area contributed by atoms with E-state index in [1.54, 1.807) is 6.08 Å². The second-order valence-electron chi connectivity index (χ2n) is 3.53. The van der Waals surface area contributed by atoms with Crippen molar-refractivity contribution in [3.05, 3.63) is 50.1 Å². The third-order valence-corrected chi connectivity index (χ3v) is 2.52. The van der Waals surface area contributed by atoms with Crippen molar-refractivity contribution in [1.82, 2.24) is 0 Å². The molecule has 0 unspecified atom stereocenters. The van der Waals surface area contributed by atoms with E-state index in [4.69, 9.17) is 0 Å². The van der Waals surface area contributed by atoms with Crippen LogP contribution in [0.15, 0.2) is 34.4 Å². The summed E-state index contributed by atoms with van der Waals surface area (Å²) in [6.45, 7) is 3.63. The maximum absolute atomic E-state index is 10.7.